The summed E-state index contributed by atoms with van der Waals surface area (Å²) < 4.78 is 11.8. The summed E-state index contributed by atoms with van der Waals surface area (Å²) in [5.41, 5.74) is -1.07. The Labute approximate surface area is 130 Å². The van der Waals surface area contributed by atoms with E-state index in [4.69, 9.17) is 9.47 Å². The molecule has 4 nitrogen and oxygen atoms in total. The highest BCUT2D eigenvalue weighted by molar-refractivity contribution is 8.17. The fraction of sp³-hybridized carbons (Fsp3) is 0.929. The maximum absolute atomic E-state index is 12.5. The normalized spacial score (nSPS) is 27.6. The second-order valence-corrected chi connectivity index (χ2v) is 9.44. The van der Waals surface area contributed by atoms with Crippen molar-refractivity contribution in [1.29, 1.82) is 0 Å². The minimum atomic E-state index is -0.592. The third-order valence-electron chi connectivity index (χ3n) is 3.28. The van der Waals surface area contributed by atoms with Crippen molar-refractivity contribution in [3.63, 3.8) is 0 Å². The van der Waals surface area contributed by atoms with Crippen LogP contribution in [0.2, 0.25) is 0 Å². The van der Waals surface area contributed by atoms with Crippen molar-refractivity contribution in [2.45, 2.75) is 63.0 Å². The topological polar surface area (TPSA) is 38.8 Å². The predicted molar refractivity (Wildman–Crippen MR) is 85.2 cm³/mol. The zero-order valence-corrected chi connectivity index (χ0v) is 14.6. The Morgan fingerprint density at radius 3 is 2.45 bits per heavy atom. The zero-order valence-electron chi connectivity index (χ0n) is 13.0. The van der Waals surface area contributed by atoms with Crippen LogP contribution in [0.5, 0.6) is 0 Å². The Morgan fingerprint density at radius 1 is 1.30 bits per heavy atom. The van der Waals surface area contributed by atoms with Crippen LogP contribution < -0.4 is 0 Å². The largest absolute Gasteiger partial charge is 0.444 e. The van der Waals surface area contributed by atoms with Crippen LogP contribution in [0.3, 0.4) is 0 Å². The maximum atomic E-state index is 12.5. The van der Waals surface area contributed by atoms with E-state index in [0.717, 1.165) is 11.5 Å². The molecule has 1 atom stereocenters. The van der Waals surface area contributed by atoms with Crippen molar-refractivity contribution in [3.05, 3.63) is 0 Å². The fourth-order valence-electron chi connectivity index (χ4n) is 2.43. The fourth-order valence-corrected chi connectivity index (χ4v) is 5.50. The molecular weight excluding hydrogens is 294 g/mol. The van der Waals surface area contributed by atoms with Gasteiger partial charge < -0.3 is 9.47 Å². The van der Waals surface area contributed by atoms with Gasteiger partial charge in [0.25, 0.3) is 0 Å². The lowest BCUT2D eigenvalue weighted by Crippen LogP contribution is -2.52. The van der Waals surface area contributed by atoms with Gasteiger partial charge >= 0.3 is 6.09 Å². The van der Waals surface area contributed by atoms with Crippen LogP contribution in [0.25, 0.3) is 0 Å². The minimum Gasteiger partial charge on any atom is -0.444 e. The first-order chi connectivity index (χ1) is 9.21. The molecule has 2 heterocycles. The standard InChI is InChI=1S/C14H25NO3S2/c1-13(2,3)18-12(16)15-10(9-17-14(15,4)5)11-19-7-6-8-20-11/h10-11H,6-9H2,1-5H3. The summed E-state index contributed by atoms with van der Waals surface area (Å²) in [5, 5.41) is 0. The van der Waals surface area contributed by atoms with Crippen LogP contribution in [0.4, 0.5) is 4.79 Å². The van der Waals surface area contributed by atoms with Crippen LogP contribution >= 0.6 is 23.5 Å². The van der Waals surface area contributed by atoms with Gasteiger partial charge in [-0.1, -0.05) is 0 Å². The number of rotatable bonds is 1. The van der Waals surface area contributed by atoms with Gasteiger partial charge in [0.05, 0.1) is 17.2 Å². The molecule has 0 bridgehead atoms. The number of ether oxygens (including phenoxy) is 2. The highest BCUT2D eigenvalue weighted by Crippen LogP contribution is 2.41. The molecule has 6 heteroatoms. The first-order valence-electron chi connectivity index (χ1n) is 7.10. The van der Waals surface area contributed by atoms with Gasteiger partial charge in [-0.25, -0.2) is 4.79 Å². The van der Waals surface area contributed by atoms with Gasteiger partial charge in [-0.2, -0.15) is 0 Å². The molecule has 2 aliphatic heterocycles. The highest BCUT2D eigenvalue weighted by atomic mass is 32.2. The summed E-state index contributed by atoms with van der Waals surface area (Å²) in [6.45, 7) is 10.2. The number of carbonyl (C=O) groups is 1. The van der Waals surface area contributed by atoms with Crippen LogP contribution in [0.1, 0.15) is 41.0 Å². The predicted octanol–water partition coefficient (Wildman–Crippen LogP) is 3.55. The summed E-state index contributed by atoms with van der Waals surface area (Å²) in [6.07, 6.45) is 0.978. The van der Waals surface area contributed by atoms with E-state index in [9.17, 15) is 4.79 Å². The smallest absolute Gasteiger partial charge is 0.412 e. The summed E-state index contributed by atoms with van der Waals surface area (Å²) in [5.74, 6) is 2.33. The molecule has 2 fully saturated rings. The van der Waals surface area contributed by atoms with Gasteiger partial charge in [0.2, 0.25) is 0 Å². The average molecular weight is 319 g/mol. The van der Waals surface area contributed by atoms with Crippen LogP contribution in [0.15, 0.2) is 0 Å². The van der Waals surface area contributed by atoms with E-state index in [1.807, 2.05) is 58.1 Å². The molecule has 0 saturated carbocycles. The molecule has 0 N–H and O–H groups in total. The molecule has 1 amide bonds. The highest BCUT2D eigenvalue weighted by Gasteiger charge is 2.49. The monoisotopic (exact) mass is 319 g/mol. The van der Waals surface area contributed by atoms with Crippen molar-refractivity contribution in [1.82, 2.24) is 4.90 Å². The van der Waals surface area contributed by atoms with E-state index in [1.54, 1.807) is 4.90 Å². The Hall–Kier alpha value is -0.0700. The summed E-state index contributed by atoms with van der Waals surface area (Å²) in [6, 6.07) is 0.0927. The molecule has 116 valence electrons. The number of amides is 1. The van der Waals surface area contributed by atoms with Gasteiger partial charge in [0.1, 0.15) is 11.3 Å². The summed E-state index contributed by atoms with van der Waals surface area (Å²) >= 11 is 3.87. The molecule has 0 radical (unpaired) electrons. The van der Waals surface area contributed by atoms with Crippen molar-refractivity contribution >= 4 is 29.6 Å². The molecule has 2 rings (SSSR count). The molecule has 2 saturated heterocycles. The van der Waals surface area contributed by atoms with Gasteiger partial charge in [-0.15, -0.1) is 23.5 Å². The lowest BCUT2D eigenvalue weighted by Gasteiger charge is -2.38. The number of carbonyl (C=O) groups excluding carboxylic acids is 1. The Morgan fingerprint density at radius 2 is 1.90 bits per heavy atom. The molecule has 20 heavy (non-hydrogen) atoms. The number of thioether (sulfide) groups is 2. The van der Waals surface area contributed by atoms with E-state index in [2.05, 4.69) is 0 Å². The maximum Gasteiger partial charge on any atom is 0.412 e. The van der Waals surface area contributed by atoms with Gasteiger partial charge in [0.15, 0.2) is 0 Å². The molecule has 1 unspecified atom stereocenters. The van der Waals surface area contributed by atoms with Gasteiger partial charge in [-0.3, -0.25) is 4.90 Å². The van der Waals surface area contributed by atoms with E-state index >= 15 is 0 Å². The minimum absolute atomic E-state index is 0.0927. The second kappa shape index (κ2) is 5.97. The van der Waals surface area contributed by atoms with Crippen molar-refractivity contribution in [2.24, 2.45) is 0 Å². The van der Waals surface area contributed by atoms with Crippen LogP contribution in [-0.4, -0.2) is 51.1 Å². The number of nitrogens with zero attached hydrogens (tertiary/aromatic N) is 1. The summed E-state index contributed by atoms with van der Waals surface area (Å²) in [4.78, 5) is 14.3. The molecule has 0 aromatic carbocycles. The Bertz CT molecular complexity index is 362. The lowest BCUT2D eigenvalue weighted by atomic mass is 10.2. The van der Waals surface area contributed by atoms with E-state index in [0.29, 0.717) is 11.2 Å². The number of hydrogen-bond donors (Lipinski definition) is 0. The van der Waals surface area contributed by atoms with Crippen molar-refractivity contribution in [3.8, 4) is 0 Å². The van der Waals surface area contributed by atoms with E-state index in [-0.39, 0.29) is 12.1 Å². The molecule has 2 aliphatic rings. The van der Waals surface area contributed by atoms with Crippen molar-refractivity contribution < 1.29 is 14.3 Å². The van der Waals surface area contributed by atoms with Crippen LogP contribution in [-0.2, 0) is 9.47 Å². The first-order valence-corrected chi connectivity index (χ1v) is 9.20. The number of hydrogen-bond acceptors (Lipinski definition) is 5. The van der Waals surface area contributed by atoms with Crippen LogP contribution in [0, 0.1) is 0 Å². The van der Waals surface area contributed by atoms with Crippen molar-refractivity contribution in [2.75, 3.05) is 18.1 Å². The summed E-state index contributed by atoms with van der Waals surface area (Å²) in [7, 11) is 0. The third kappa shape index (κ3) is 3.77. The molecular formula is C14H25NO3S2. The van der Waals surface area contributed by atoms with Gasteiger partial charge in [-0.05, 0) is 52.5 Å². The third-order valence-corrected chi connectivity index (χ3v) is 6.43. The molecule has 0 spiro atoms. The van der Waals surface area contributed by atoms with E-state index < -0.39 is 11.3 Å². The first kappa shape index (κ1) is 16.3. The molecule has 0 aromatic rings. The second-order valence-electron chi connectivity index (χ2n) is 6.64. The van der Waals surface area contributed by atoms with Gasteiger partial charge in [0, 0.05) is 0 Å². The molecule has 0 aliphatic carbocycles. The quantitative estimate of drug-likeness (QED) is 0.739. The average Bonchev–Trinajstić information content (AvgIpc) is 2.64. The van der Waals surface area contributed by atoms with E-state index in [1.165, 1.54) is 6.42 Å². The Kier molecular flexibility index (Phi) is 4.87. The molecule has 0 aromatic heterocycles. The lowest BCUT2D eigenvalue weighted by molar-refractivity contribution is -0.0619. The Balaban J connectivity index is 2.13. The zero-order chi connectivity index (χ0) is 15.0. The SMILES string of the molecule is CC(C)(C)OC(=O)N1C(C2SCCCS2)COC1(C)C.